The van der Waals surface area contributed by atoms with Crippen molar-refractivity contribution in [3.8, 4) is 0 Å². The van der Waals surface area contributed by atoms with Gasteiger partial charge >= 0.3 is 12.1 Å². The molecule has 2 N–H and O–H groups in total. The Balaban J connectivity index is 3.14. The minimum absolute atomic E-state index is 0.0440. The first kappa shape index (κ1) is 11.6. The molecule has 0 fully saturated rings. The van der Waals surface area contributed by atoms with Crippen molar-refractivity contribution in [2.75, 3.05) is 0 Å². The number of nitrogens with zero attached hydrogens (tertiary/aromatic N) is 2. The van der Waals surface area contributed by atoms with Gasteiger partial charge < -0.3 is 10.2 Å². The van der Waals surface area contributed by atoms with E-state index in [0.29, 0.717) is 0 Å². The molecule has 1 aromatic rings. The van der Waals surface area contributed by atoms with Gasteiger partial charge in [0.25, 0.3) is 0 Å². The number of aliphatic carboxylic acids is 1. The lowest BCUT2D eigenvalue weighted by molar-refractivity contribution is -0.143. The van der Waals surface area contributed by atoms with Crippen LogP contribution in [0.25, 0.3) is 0 Å². The highest BCUT2D eigenvalue weighted by Gasteiger charge is 2.32. The predicted molar refractivity (Wildman–Crippen MR) is 52.5 cm³/mol. The lowest BCUT2D eigenvalue weighted by Crippen LogP contribution is -2.33. The van der Waals surface area contributed by atoms with Gasteiger partial charge in [-0.05, 0) is 5.56 Å². The molecule has 0 heterocycles. The van der Waals surface area contributed by atoms with Crippen molar-refractivity contribution in [2.45, 2.75) is 6.04 Å². The quantitative estimate of drug-likeness (QED) is 0.594. The smallest absolute Gasteiger partial charge is 0.431 e. The molecule has 0 bridgehead atoms. The molecular formula is C9H8N2O5. The normalized spacial score (nSPS) is 11.5. The van der Waals surface area contributed by atoms with E-state index in [0.717, 1.165) is 0 Å². The van der Waals surface area contributed by atoms with Crippen LogP contribution in [0.3, 0.4) is 0 Å². The Bertz CT molecular complexity index is 406. The maximum atomic E-state index is 10.9. The van der Waals surface area contributed by atoms with Crippen molar-refractivity contribution in [1.82, 2.24) is 5.01 Å². The van der Waals surface area contributed by atoms with Gasteiger partial charge in [0.15, 0.2) is 6.04 Å². The van der Waals surface area contributed by atoms with Gasteiger partial charge in [0.2, 0.25) is 0 Å². The average molecular weight is 224 g/mol. The Morgan fingerprint density at radius 1 is 1.19 bits per heavy atom. The Hall–Kier alpha value is -2.44. The van der Waals surface area contributed by atoms with Gasteiger partial charge in [-0.3, -0.25) is 0 Å². The van der Waals surface area contributed by atoms with E-state index >= 15 is 0 Å². The van der Waals surface area contributed by atoms with Crippen molar-refractivity contribution in [3.63, 3.8) is 0 Å². The molecule has 0 aliphatic heterocycles. The van der Waals surface area contributed by atoms with E-state index in [2.05, 4.69) is 5.29 Å². The summed E-state index contributed by atoms with van der Waals surface area (Å²) in [6, 6.07) is 5.89. The number of carbonyl (C=O) groups is 2. The number of amides is 1. The maximum Gasteiger partial charge on any atom is 0.431 e. The van der Waals surface area contributed by atoms with E-state index < -0.39 is 18.1 Å². The van der Waals surface area contributed by atoms with Crippen molar-refractivity contribution >= 4 is 12.1 Å². The van der Waals surface area contributed by atoms with Crippen LogP contribution in [0.1, 0.15) is 11.6 Å². The van der Waals surface area contributed by atoms with Crippen LogP contribution < -0.4 is 0 Å². The first-order valence-corrected chi connectivity index (χ1v) is 4.21. The molecule has 0 saturated carbocycles. The third kappa shape index (κ3) is 2.32. The van der Waals surface area contributed by atoms with Crippen LogP contribution in [0.5, 0.6) is 0 Å². The number of carboxylic acid groups (broad SMARTS) is 2. The van der Waals surface area contributed by atoms with Crippen LogP contribution in [0.2, 0.25) is 0 Å². The average Bonchev–Trinajstić information content (AvgIpc) is 2.25. The molecular weight excluding hydrogens is 216 g/mol. The largest absolute Gasteiger partial charge is 0.479 e. The van der Waals surface area contributed by atoms with Crippen LogP contribution in [-0.4, -0.2) is 27.3 Å². The Kier molecular flexibility index (Phi) is 3.54. The molecule has 0 aliphatic carbocycles. The summed E-state index contributed by atoms with van der Waals surface area (Å²) in [6.07, 6.45) is -1.72. The molecule has 7 nitrogen and oxygen atoms in total. The fourth-order valence-corrected chi connectivity index (χ4v) is 1.22. The van der Waals surface area contributed by atoms with E-state index in [-0.39, 0.29) is 10.6 Å². The molecule has 7 heteroatoms. The number of hydrogen-bond acceptors (Lipinski definition) is 4. The highest BCUT2D eigenvalue weighted by atomic mass is 16.4. The topological polar surface area (TPSA) is 107 Å². The minimum atomic E-state index is -1.72. The van der Waals surface area contributed by atoms with E-state index in [9.17, 15) is 14.5 Å². The zero-order valence-electron chi connectivity index (χ0n) is 7.98. The number of carboxylic acids is 1. The molecule has 1 amide bonds. The molecule has 0 spiro atoms. The Morgan fingerprint density at radius 3 is 2.12 bits per heavy atom. The Morgan fingerprint density at radius 2 is 1.75 bits per heavy atom. The zero-order chi connectivity index (χ0) is 12.1. The first-order valence-electron chi connectivity index (χ1n) is 4.21. The molecule has 1 rings (SSSR count). The molecule has 0 aliphatic rings. The summed E-state index contributed by atoms with van der Waals surface area (Å²) in [5.74, 6) is -1.46. The maximum absolute atomic E-state index is 10.9. The summed E-state index contributed by atoms with van der Waals surface area (Å²) < 4.78 is 0. The summed E-state index contributed by atoms with van der Waals surface area (Å²) >= 11 is 0. The van der Waals surface area contributed by atoms with E-state index in [1.807, 2.05) is 0 Å². The van der Waals surface area contributed by atoms with Gasteiger partial charge in [-0.25, -0.2) is 9.59 Å². The van der Waals surface area contributed by atoms with Gasteiger partial charge in [0.05, 0.1) is 5.29 Å². The lowest BCUT2D eigenvalue weighted by Gasteiger charge is -2.18. The predicted octanol–water partition coefficient (Wildman–Crippen LogP) is 1.47. The number of nitroso groups, excluding NO2 is 1. The van der Waals surface area contributed by atoms with Crippen LogP contribution >= 0.6 is 0 Å². The first-order chi connectivity index (χ1) is 7.57. The third-order valence-electron chi connectivity index (χ3n) is 1.88. The second-order valence-electron chi connectivity index (χ2n) is 2.86. The van der Waals surface area contributed by atoms with Crippen molar-refractivity contribution in [2.24, 2.45) is 5.29 Å². The van der Waals surface area contributed by atoms with E-state index in [4.69, 9.17) is 10.2 Å². The second kappa shape index (κ2) is 4.87. The summed E-state index contributed by atoms with van der Waals surface area (Å²) in [7, 11) is 0. The van der Waals surface area contributed by atoms with Crippen molar-refractivity contribution < 1.29 is 19.8 Å². The monoisotopic (exact) mass is 224 g/mol. The molecule has 1 aromatic carbocycles. The van der Waals surface area contributed by atoms with Crippen molar-refractivity contribution in [1.29, 1.82) is 0 Å². The number of benzene rings is 1. The summed E-state index contributed by atoms with van der Waals surface area (Å²) in [6.45, 7) is 0. The fourth-order valence-electron chi connectivity index (χ4n) is 1.22. The highest BCUT2D eigenvalue weighted by Crippen LogP contribution is 2.21. The highest BCUT2D eigenvalue weighted by molar-refractivity contribution is 5.80. The summed E-state index contributed by atoms with van der Waals surface area (Å²) in [5.41, 5.74) is 0.164. The minimum Gasteiger partial charge on any atom is -0.479 e. The summed E-state index contributed by atoms with van der Waals surface area (Å²) in [4.78, 5) is 31.8. The summed E-state index contributed by atoms with van der Waals surface area (Å²) in [5, 5.41) is 19.6. The third-order valence-corrected chi connectivity index (χ3v) is 1.88. The van der Waals surface area contributed by atoms with Gasteiger partial charge in [0.1, 0.15) is 0 Å². The van der Waals surface area contributed by atoms with E-state index in [1.165, 1.54) is 24.3 Å². The fraction of sp³-hybridized carbons (Fsp3) is 0.111. The zero-order valence-corrected chi connectivity index (χ0v) is 7.98. The molecule has 0 saturated heterocycles. The van der Waals surface area contributed by atoms with Crippen LogP contribution in [0.4, 0.5) is 4.79 Å². The second-order valence-corrected chi connectivity index (χ2v) is 2.86. The van der Waals surface area contributed by atoms with Gasteiger partial charge in [0, 0.05) is 0 Å². The van der Waals surface area contributed by atoms with E-state index in [1.54, 1.807) is 6.07 Å². The molecule has 0 radical (unpaired) electrons. The standard InChI is InChI=1S/C9H8N2O5/c12-8(13)7(11(10-16)9(14)15)6-4-2-1-3-5-6/h1-5,7H,(H,12,13)(H,14,15). The van der Waals surface area contributed by atoms with Crippen LogP contribution in [0.15, 0.2) is 35.6 Å². The molecule has 16 heavy (non-hydrogen) atoms. The van der Waals surface area contributed by atoms with Crippen LogP contribution in [0, 0.1) is 4.91 Å². The number of hydrogen-bond donors (Lipinski definition) is 2. The molecule has 84 valence electrons. The lowest BCUT2D eigenvalue weighted by atomic mass is 10.1. The van der Waals surface area contributed by atoms with Crippen molar-refractivity contribution in [3.05, 3.63) is 40.8 Å². The Labute approximate surface area is 89.9 Å². The molecule has 1 atom stereocenters. The van der Waals surface area contributed by atoms with Gasteiger partial charge in [-0.1, -0.05) is 30.3 Å². The molecule has 1 unspecified atom stereocenters. The van der Waals surface area contributed by atoms with Crippen LogP contribution in [-0.2, 0) is 4.79 Å². The number of rotatable bonds is 4. The molecule has 0 aromatic heterocycles. The SMILES string of the molecule is O=NN(C(=O)O)C(C(=O)O)c1ccccc1. The van der Waals surface area contributed by atoms with Gasteiger partial charge in [-0.2, -0.15) is 0 Å². The van der Waals surface area contributed by atoms with Gasteiger partial charge in [-0.15, -0.1) is 9.92 Å².